The van der Waals surface area contributed by atoms with E-state index in [0.29, 0.717) is 18.3 Å². The average molecular weight is 351 g/mol. The molecule has 6 heteroatoms. The first-order chi connectivity index (χ1) is 12.7. The van der Waals surface area contributed by atoms with Gasteiger partial charge in [-0.15, -0.1) is 0 Å². The molecule has 2 aromatic carbocycles. The maximum absolute atomic E-state index is 12.1. The average Bonchev–Trinajstić information content (AvgIpc) is 3.11. The minimum absolute atomic E-state index is 0.0709. The van der Waals surface area contributed by atoms with Gasteiger partial charge in [-0.1, -0.05) is 41.6 Å². The zero-order valence-electron chi connectivity index (χ0n) is 14.9. The molecule has 0 unspecified atom stereocenters. The highest BCUT2D eigenvalue weighted by atomic mass is 16.5. The van der Waals surface area contributed by atoms with E-state index in [2.05, 4.69) is 15.5 Å². The van der Waals surface area contributed by atoms with E-state index in [9.17, 15) is 4.79 Å². The number of nitrogens with one attached hydrogen (secondary N) is 1. The fraction of sp³-hybridized carbons (Fsp3) is 0.250. The largest absolute Gasteiger partial charge is 0.497 e. The summed E-state index contributed by atoms with van der Waals surface area (Å²) in [6, 6.07) is 15.6. The van der Waals surface area contributed by atoms with Crippen LogP contribution in [0.5, 0.6) is 5.75 Å². The van der Waals surface area contributed by atoms with Gasteiger partial charge in [0.1, 0.15) is 12.2 Å². The number of carbonyl (C=O) groups excluding carboxylic acids is 1. The third kappa shape index (κ3) is 4.47. The van der Waals surface area contributed by atoms with Gasteiger partial charge < -0.3 is 14.6 Å². The van der Waals surface area contributed by atoms with Gasteiger partial charge in [0.05, 0.1) is 7.11 Å². The first-order valence-corrected chi connectivity index (χ1v) is 8.44. The Hall–Kier alpha value is -3.15. The van der Waals surface area contributed by atoms with Gasteiger partial charge in [-0.3, -0.25) is 4.79 Å². The van der Waals surface area contributed by atoms with E-state index in [1.54, 1.807) is 7.11 Å². The molecule has 0 bridgehead atoms. The lowest BCUT2D eigenvalue weighted by Crippen LogP contribution is -2.27. The Labute approximate surface area is 152 Å². The summed E-state index contributed by atoms with van der Waals surface area (Å²) < 4.78 is 10.3. The lowest BCUT2D eigenvalue weighted by atomic mass is 10.1. The molecule has 3 rings (SSSR count). The molecule has 1 N–H and O–H groups in total. The summed E-state index contributed by atoms with van der Waals surface area (Å²) in [7, 11) is 1.64. The highest BCUT2D eigenvalue weighted by Crippen LogP contribution is 2.19. The maximum atomic E-state index is 12.1. The summed E-state index contributed by atoms with van der Waals surface area (Å²) in [6.45, 7) is 2.53. The van der Waals surface area contributed by atoms with Gasteiger partial charge in [-0.05, 0) is 36.6 Å². The van der Waals surface area contributed by atoms with E-state index < -0.39 is 0 Å². The summed E-state index contributed by atoms with van der Waals surface area (Å²) in [5, 5.41) is 6.84. The normalized spacial score (nSPS) is 10.5. The maximum Gasteiger partial charge on any atom is 0.236 e. The Morgan fingerprint density at radius 2 is 1.92 bits per heavy atom. The molecule has 0 aliphatic heterocycles. The number of benzene rings is 2. The van der Waals surface area contributed by atoms with E-state index in [4.69, 9.17) is 9.26 Å². The van der Waals surface area contributed by atoms with Crippen molar-refractivity contribution in [1.82, 2.24) is 15.5 Å². The molecule has 0 aliphatic carbocycles. The third-order valence-corrected chi connectivity index (χ3v) is 4.06. The predicted octanol–water partition coefficient (Wildman–Crippen LogP) is 2.96. The lowest BCUT2D eigenvalue weighted by Gasteiger charge is -2.05. The van der Waals surface area contributed by atoms with Crippen LogP contribution in [0, 0.1) is 6.92 Å². The zero-order valence-corrected chi connectivity index (χ0v) is 14.9. The second kappa shape index (κ2) is 8.29. The van der Waals surface area contributed by atoms with Crippen LogP contribution in [0.4, 0.5) is 0 Å². The quantitative estimate of drug-likeness (QED) is 0.708. The molecule has 0 atom stereocenters. The van der Waals surface area contributed by atoms with Crippen molar-refractivity contribution in [1.29, 1.82) is 0 Å². The van der Waals surface area contributed by atoms with Crippen LogP contribution in [0.25, 0.3) is 11.4 Å². The first-order valence-electron chi connectivity index (χ1n) is 8.44. The standard InChI is InChI=1S/C20H21N3O3/c1-14-5-3-4-6-17(14)20-22-19(26-23-20)13-18(24)21-12-11-15-7-9-16(25-2)10-8-15/h3-10H,11-13H2,1-2H3,(H,21,24). The van der Waals surface area contributed by atoms with Crippen molar-refractivity contribution < 1.29 is 14.1 Å². The molecule has 0 saturated carbocycles. The van der Waals surface area contributed by atoms with E-state index in [1.165, 1.54) is 0 Å². The molecule has 134 valence electrons. The summed E-state index contributed by atoms with van der Waals surface area (Å²) in [6.07, 6.45) is 0.815. The number of rotatable bonds is 7. The Bertz CT molecular complexity index is 872. The Kier molecular flexibility index (Phi) is 5.63. The van der Waals surface area contributed by atoms with E-state index in [1.807, 2.05) is 55.5 Å². The Balaban J connectivity index is 1.50. The number of nitrogens with zero attached hydrogens (tertiary/aromatic N) is 2. The van der Waals surface area contributed by atoms with Crippen molar-refractivity contribution in [3.05, 3.63) is 65.5 Å². The number of aryl methyl sites for hydroxylation is 1. The van der Waals surface area contributed by atoms with Gasteiger partial charge in [0.15, 0.2) is 0 Å². The van der Waals surface area contributed by atoms with Crippen molar-refractivity contribution in [2.45, 2.75) is 19.8 Å². The van der Waals surface area contributed by atoms with E-state index in [0.717, 1.165) is 28.9 Å². The fourth-order valence-electron chi connectivity index (χ4n) is 2.60. The second-order valence-corrected chi connectivity index (χ2v) is 5.95. The topological polar surface area (TPSA) is 77.2 Å². The number of aromatic nitrogens is 2. The van der Waals surface area contributed by atoms with Gasteiger partial charge in [0, 0.05) is 12.1 Å². The summed E-state index contributed by atoms with van der Waals surface area (Å²) in [5.41, 5.74) is 3.09. The second-order valence-electron chi connectivity index (χ2n) is 5.95. The van der Waals surface area contributed by atoms with Crippen LogP contribution >= 0.6 is 0 Å². The van der Waals surface area contributed by atoms with Gasteiger partial charge in [-0.25, -0.2) is 0 Å². The molecule has 0 spiro atoms. The highest BCUT2D eigenvalue weighted by molar-refractivity contribution is 5.77. The predicted molar refractivity (Wildman–Crippen MR) is 97.9 cm³/mol. The molecule has 0 fully saturated rings. The third-order valence-electron chi connectivity index (χ3n) is 4.06. The van der Waals surface area contributed by atoms with Gasteiger partial charge in [0.2, 0.25) is 17.6 Å². The van der Waals surface area contributed by atoms with Crippen molar-refractivity contribution in [2.24, 2.45) is 0 Å². The minimum Gasteiger partial charge on any atom is -0.497 e. The number of hydrogen-bond acceptors (Lipinski definition) is 5. The van der Waals surface area contributed by atoms with Crippen LogP contribution in [0.15, 0.2) is 53.1 Å². The SMILES string of the molecule is COc1ccc(CCNC(=O)Cc2nc(-c3ccccc3C)no2)cc1. The zero-order chi connectivity index (χ0) is 18.4. The first kappa shape index (κ1) is 17.7. The van der Waals surface area contributed by atoms with Crippen LogP contribution < -0.4 is 10.1 Å². The lowest BCUT2D eigenvalue weighted by molar-refractivity contribution is -0.120. The van der Waals surface area contributed by atoms with Crippen molar-refractivity contribution in [2.75, 3.05) is 13.7 Å². The number of hydrogen-bond donors (Lipinski definition) is 1. The summed E-state index contributed by atoms with van der Waals surface area (Å²) >= 11 is 0. The fourth-order valence-corrected chi connectivity index (χ4v) is 2.60. The molecule has 0 radical (unpaired) electrons. The van der Waals surface area contributed by atoms with Crippen LogP contribution in [0.1, 0.15) is 17.0 Å². The number of amides is 1. The Morgan fingerprint density at radius 3 is 2.65 bits per heavy atom. The monoisotopic (exact) mass is 351 g/mol. The molecule has 1 amide bonds. The molecule has 1 aromatic heterocycles. The molecule has 0 saturated heterocycles. The summed E-state index contributed by atoms with van der Waals surface area (Å²) in [4.78, 5) is 16.4. The van der Waals surface area contributed by atoms with Crippen molar-refractivity contribution >= 4 is 5.91 Å². The van der Waals surface area contributed by atoms with Crippen LogP contribution in [0.3, 0.4) is 0 Å². The smallest absolute Gasteiger partial charge is 0.236 e. The number of methoxy groups -OCH3 is 1. The molecule has 1 heterocycles. The van der Waals surface area contributed by atoms with Crippen LogP contribution in [-0.2, 0) is 17.6 Å². The Morgan fingerprint density at radius 1 is 1.15 bits per heavy atom. The molecular formula is C20H21N3O3. The van der Waals surface area contributed by atoms with Gasteiger partial charge in [0.25, 0.3) is 0 Å². The minimum atomic E-state index is -0.140. The van der Waals surface area contributed by atoms with Crippen molar-refractivity contribution in [3.63, 3.8) is 0 Å². The highest BCUT2D eigenvalue weighted by Gasteiger charge is 2.13. The van der Waals surface area contributed by atoms with E-state index >= 15 is 0 Å². The molecular weight excluding hydrogens is 330 g/mol. The molecule has 0 aliphatic rings. The summed E-state index contributed by atoms with van der Waals surface area (Å²) in [5.74, 6) is 1.49. The number of ether oxygens (including phenoxy) is 1. The van der Waals surface area contributed by atoms with E-state index in [-0.39, 0.29) is 12.3 Å². The number of carbonyl (C=O) groups is 1. The van der Waals surface area contributed by atoms with Crippen LogP contribution in [0.2, 0.25) is 0 Å². The van der Waals surface area contributed by atoms with Gasteiger partial charge in [-0.2, -0.15) is 4.98 Å². The van der Waals surface area contributed by atoms with Gasteiger partial charge >= 0.3 is 0 Å². The molecule has 3 aromatic rings. The van der Waals surface area contributed by atoms with Crippen LogP contribution in [-0.4, -0.2) is 29.7 Å². The molecule has 26 heavy (non-hydrogen) atoms. The molecule has 6 nitrogen and oxygen atoms in total. The van der Waals surface area contributed by atoms with Crippen molar-refractivity contribution in [3.8, 4) is 17.1 Å².